The Labute approximate surface area is 149 Å². The fraction of sp³-hybridized carbons (Fsp3) is 0.188. The second-order valence-corrected chi connectivity index (χ2v) is 8.04. The molecule has 4 nitrogen and oxygen atoms in total. The van der Waals surface area contributed by atoms with Crippen molar-refractivity contribution in [3.8, 4) is 0 Å². The molecule has 0 aliphatic heterocycles. The predicted molar refractivity (Wildman–Crippen MR) is 95.4 cm³/mol. The summed E-state index contributed by atoms with van der Waals surface area (Å²) in [6, 6.07) is 13.2. The van der Waals surface area contributed by atoms with Gasteiger partial charge in [0.1, 0.15) is 6.54 Å². The maximum Gasteiger partial charge on any atom is 0.264 e. The third-order valence-corrected chi connectivity index (χ3v) is 5.74. The van der Waals surface area contributed by atoms with Crippen molar-refractivity contribution >= 4 is 48.5 Å². The fourth-order valence-electron chi connectivity index (χ4n) is 2.06. The smallest absolute Gasteiger partial charge is 0.264 e. The first-order chi connectivity index (χ1) is 10.8. The zero-order chi connectivity index (χ0) is 17.0. The van der Waals surface area contributed by atoms with Crippen molar-refractivity contribution in [2.75, 3.05) is 10.8 Å². The monoisotopic (exact) mass is 415 g/mol. The Bertz CT molecular complexity index is 789. The molecule has 0 unspecified atom stereocenters. The summed E-state index contributed by atoms with van der Waals surface area (Å²) in [5.41, 5.74) is 1.48. The number of halogens is 2. The summed E-state index contributed by atoms with van der Waals surface area (Å²) < 4.78 is 27.5. The maximum atomic E-state index is 12.8. The highest BCUT2D eigenvalue weighted by Crippen LogP contribution is 2.25. The lowest BCUT2D eigenvalue weighted by molar-refractivity contribution is -0.110. The zero-order valence-electron chi connectivity index (χ0n) is 12.4. The zero-order valence-corrected chi connectivity index (χ0v) is 15.5. The standard InChI is InChI=1S/C16H15BrClNO3S/c1-2-12-3-7-14(8-4-12)19(11-16(18)20)23(21,22)15-9-5-13(17)6-10-15/h3-10H,2,11H2,1H3. The van der Waals surface area contributed by atoms with E-state index in [1.165, 1.54) is 12.1 Å². The molecule has 2 aromatic carbocycles. The number of sulfonamides is 1. The highest BCUT2D eigenvalue weighted by atomic mass is 79.9. The van der Waals surface area contributed by atoms with Crippen LogP contribution in [0.2, 0.25) is 0 Å². The molecule has 0 spiro atoms. The minimum absolute atomic E-state index is 0.0955. The van der Waals surface area contributed by atoms with Gasteiger partial charge in [0.05, 0.1) is 10.6 Å². The number of aryl methyl sites for hydroxylation is 1. The van der Waals surface area contributed by atoms with Gasteiger partial charge in [-0.25, -0.2) is 8.42 Å². The predicted octanol–water partition coefficient (Wildman–Crippen LogP) is 3.97. The second kappa shape index (κ2) is 7.47. The van der Waals surface area contributed by atoms with E-state index in [4.69, 9.17) is 11.6 Å². The summed E-state index contributed by atoms with van der Waals surface area (Å²) in [5, 5.41) is -0.745. The number of hydrogen-bond donors (Lipinski definition) is 0. The van der Waals surface area contributed by atoms with E-state index in [2.05, 4.69) is 15.9 Å². The summed E-state index contributed by atoms with van der Waals surface area (Å²) in [6.07, 6.45) is 0.841. The van der Waals surface area contributed by atoms with E-state index < -0.39 is 21.8 Å². The van der Waals surface area contributed by atoms with Crippen LogP contribution in [0.3, 0.4) is 0 Å². The number of carbonyl (C=O) groups is 1. The average Bonchev–Trinajstić information content (AvgIpc) is 2.53. The summed E-state index contributed by atoms with van der Waals surface area (Å²) in [6.45, 7) is 1.58. The van der Waals surface area contributed by atoms with Gasteiger partial charge in [-0.1, -0.05) is 35.0 Å². The van der Waals surface area contributed by atoms with E-state index in [-0.39, 0.29) is 4.90 Å². The first kappa shape index (κ1) is 18.0. The van der Waals surface area contributed by atoms with Crippen LogP contribution in [0.15, 0.2) is 57.9 Å². The normalized spacial score (nSPS) is 11.3. The molecule has 0 amide bonds. The molecule has 2 rings (SSSR count). The van der Waals surface area contributed by atoms with Crippen LogP contribution in [0.25, 0.3) is 0 Å². The molecule has 0 fully saturated rings. The van der Waals surface area contributed by atoms with Crippen LogP contribution >= 0.6 is 27.5 Å². The van der Waals surface area contributed by atoms with E-state index in [0.29, 0.717) is 5.69 Å². The van der Waals surface area contributed by atoms with Gasteiger partial charge in [-0.2, -0.15) is 0 Å². The minimum Gasteiger partial charge on any atom is -0.279 e. The molecular formula is C16H15BrClNO3S. The lowest BCUT2D eigenvalue weighted by Gasteiger charge is -2.23. The van der Waals surface area contributed by atoms with E-state index in [9.17, 15) is 13.2 Å². The molecule has 7 heteroatoms. The van der Waals surface area contributed by atoms with Gasteiger partial charge in [-0.3, -0.25) is 9.10 Å². The summed E-state index contributed by atoms with van der Waals surface area (Å²) in [7, 11) is -3.88. The van der Waals surface area contributed by atoms with Crippen molar-refractivity contribution < 1.29 is 13.2 Å². The van der Waals surface area contributed by atoms with Crippen molar-refractivity contribution in [2.45, 2.75) is 18.2 Å². The van der Waals surface area contributed by atoms with Crippen LogP contribution in [0, 0.1) is 0 Å². The first-order valence-electron chi connectivity index (χ1n) is 6.90. The molecule has 122 valence electrons. The number of rotatable bonds is 6. The molecule has 0 radical (unpaired) electrons. The van der Waals surface area contributed by atoms with Crippen LogP contribution in [0.5, 0.6) is 0 Å². The highest BCUT2D eigenvalue weighted by molar-refractivity contribution is 9.10. The number of hydrogen-bond acceptors (Lipinski definition) is 3. The molecular weight excluding hydrogens is 402 g/mol. The largest absolute Gasteiger partial charge is 0.279 e. The number of nitrogens with zero attached hydrogens (tertiary/aromatic N) is 1. The molecule has 0 aromatic heterocycles. The molecule has 2 aromatic rings. The van der Waals surface area contributed by atoms with Crippen molar-refractivity contribution in [1.29, 1.82) is 0 Å². The van der Waals surface area contributed by atoms with Gasteiger partial charge in [0.2, 0.25) is 5.24 Å². The number of anilines is 1. The molecule has 0 aliphatic rings. The summed E-state index contributed by atoms with van der Waals surface area (Å²) in [4.78, 5) is 11.4. The Morgan fingerprint density at radius 2 is 1.65 bits per heavy atom. The third kappa shape index (κ3) is 4.34. The van der Waals surface area contributed by atoms with Crippen molar-refractivity contribution in [1.82, 2.24) is 0 Å². The highest BCUT2D eigenvalue weighted by Gasteiger charge is 2.26. The molecule has 0 atom stereocenters. The topological polar surface area (TPSA) is 54.5 Å². The van der Waals surface area contributed by atoms with Gasteiger partial charge in [0.25, 0.3) is 10.0 Å². The van der Waals surface area contributed by atoms with Crippen LogP contribution in [-0.4, -0.2) is 20.2 Å². The summed E-state index contributed by atoms with van der Waals surface area (Å²) in [5.74, 6) is 0. The Kier molecular flexibility index (Phi) is 5.84. The Hall–Kier alpha value is -1.37. The summed E-state index contributed by atoms with van der Waals surface area (Å²) >= 11 is 8.71. The Balaban J connectivity index is 2.48. The van der Waals surface area contributed by atoms with Gasteiger partial charge < -0.3 is 0 Å². The third-order valence-electron chi connectivity index (χ3n) is 3.30. The van der Waals surface area contributed by atoms with E-state index in [1.54, 1.807) is 24.3 Å². The molecule has 0 bridgehead atoms. The van der Waals surface area contributed by atoms with E-state index >= 15 is 0 Å². The first-order valence-corrected chi connectivity index (χ1v) is 9.51. The molecule has 0 aliphatic carbocycles. The van der Waals surface area contributed by atoms with Crippen LogP contribution in [0.1, 0.15) is 12.5 Å². The lowest BCUT2D eigenvalue weighted by atomic mass is 10.1. The molecule has 0 saturated carbocycles. The lowest BCUT2D eigenvalue weighted by Crippen LogP contribution is -2.34. The van der Waals surface area contributed by atoms with Gasteiger partial charge in [-0.15, -0.1) is 0 Å². The van der Waals surface area contributed by atoms with Crippen molar-refractivity contribution in [3.05, 3.63) is 58.6 Å². The molecule has 0 heterocycles. The number of benzene rings is 2. The maximum absolute atomic E-state index is 12.8. The van der Waals surface area contributed by atoms with Crippen molar-refractivity contribution in [3.63, 3.8) is 0 Å². The average molecular weight is 417 g/mol. The van der Waals surface area contributed by atoms with Gasteiger partial charge in [0.15, 0.2) is 0 Å². The number of carbonyl (C=O) groups excluding carboxylic acids is 1. The van der Waals surface area contributed by atoms with Crippen LogP contribution < -0.4 is 4.31 Å². The Morgan fingerprint density at radius 3 is 2.13 bits per heavy atom. The fourth-order valence-corrected chi connectivity index (χ4v) is 3.94. The van der Waals surface area contributed by atoms with Gasteiger partial charge in [0, 0.05) is 4.47 Å². The molecule has 0 N–H and O–H groups in total. The second-order valence-electron chi connectivity index (χ2n) is 4.84. The van der Waals surface area contributed by atoms with E-state index in [1.807, 2.05) is 19.1 Å². The Morgan fingerprint density at radius 1 is 1.09 bits per heavy atom. The molecule has 0 saturated heterocycles. The molecule has 23 heavy (non-hydrogen) atoms. The van der Waals surface area contributed by atoms with Gasteiger partial charge >= 0.3 is 0 Å². The quantitative estimate of drug-likeness (QED) is 0.670. The SMILES string of the molecule is CCc1ccc(N(CC(=O)Cl)S(=O)(=O)c2ccc(Br)cc2)cc1. The van der Waals surface area contributed by atoms with E-state index in [0.717, 1.165) is 20.8 Å². The minimum atomic E-state index is -3.88. The van der Waals surface area contributed by atoms with Crippen LogP contribution in [0.4, 0.5) is 5.69 Å². The van der Waals surface area contributed by atoms with Crippen LogP contribution in [-0.2, 0) is 21.2 Å². The van der Waals surface area contributed by atoms with Gasteiger partial charge in [-0.05, 0) is 60.0 Å². The van der Waals surface area contributed by atoms with Crippen molar-refractivity contribution in [2.24, 2.45) is 0 Å².